The van der Waals surface area contributed by atoms with E-state index in [1.54, 1.807) is 6.07 Å². The number of nitrogens with one attached hydrogen (secondary N) is 1. The van der Waals surface area contributed by atoms with Crippen LogP contribution in [-0.4, -0.2) is 0 Å². The summed E-state index contributed by atoms with van der Waals surface area (Å²) in [6.45, 7) is 1.87. The van der Waals surface area contributed by atoms with Crippen molar-refractivity contribution in [2.24, 2.45) is 5.84 Å². The fourth-order valence-electron chi connectivity index (χ4n) is 0.768. The number of nitrogens with two attached hydrogens (primary N) is 1. The van der Waals surface area contributed by atoms with Gasteiger partial charge in [-0.15, -0.1) is 12.4 Å². The second kappa shape index (κ2) is 4.64. The number of anilines is 1. The lowest BCUT2D eigenvalue weighted by Crippen LogP contribution is -2.08. The Morgan fingerprint density at radius 1 is 1.50 bits per heavy atom. The molecule has 0 heterocycles. The van der Waals surface area contributed by atoms with Gasteiger partial charge in [0.05, 0.1) is 5.69 Å². The third kappa shape index (κ3) is 2.33. The van der Waals surface area contributed by atoms with Crippen molar-refractivity contribution in [1.82, 2.24) is 0 Å². The molecule has 3 N–H and O–H groups in total. The normalized spacial score (nSPS) is 9.00. The number of halogens is 3. The van der Waals surface area contributed by atoms with Crippen LogP contribution in [0.25, 0.3) is 0 Å². The van der Waals surface area contributed by atoms with E-state index in [1.807, 2.05) is 6.92 Å². The maximum Gasteiger partial charge on any atom is 0.148 e. The van der Waals surface area contributed by atoms with E-state index in [0.29, 0.717) is 5.69 Å². The number of hydrogen-bond acceptors (Lipinski definition) is 2. The van der Waals surface area contributed by atoms with Crippen LogP contribution in [-0.2, 0) is 0 Å². The molecular formula is C7H9BrClFN2. The molecule has 0 saturated carbocycles. The average Bonchev–Trinajstić information content (AvgIpc) is 1.97. The number of hydrazine groups is 1. The number of benzene rings is 1. The number of nitrogen functional groups attached to an aromatic ring is 1. The first kappa shape index (κ1) is 11.7. The molecule has 1 aromatic rings. The Hall–Kier alpha value is -0.320. The minimum absolute atomic E-state index is 0. The van der Waals surface area contributed by atoms with E-state index >= 15 is 0 Å². The summed E-state index contributed by atoms with van der Waals surface area (Å²) >= 11 is 3.20. The number of aryl methyl sites for hydroxylation is 1. The maximum absolute atomic E-state index is 12.9. The predicted octanol–water partition coefficient (Wildman–Crippen LogP) is 2.60. The Labute approximate surface area is 84.8 Å². The molecule has 0 unspecified atom stereocenters. The van der Waals surface area contributed by atoms with Crippen LogP contribution in [0.15, 0.2) is 16.6 Å². The highest BCUT2D eigenvalue weighted by Gasteiger charge is 2.02. The smallest absolute Gasteiger partial charge is 0.148 e. The van der Waals surface area contributed by atoms with E-state index in [0.717, 1.165) is 10.0 Å². The molecule has 0 atom stereocenters. The molecule has 2 nitrogen and oxygen atoms in total. The minimum Gasteiger partial charge on any atom is -0.321 e. The van der Waals surface area contributed by atoms with Gasteiger partial charge in [0.25, 0.3) is 0 Å². The summed E-state index contributed by atoms with van der Waals surface area (Å²) < 4.78 is 13.6. The molecule has 5 heteroatoms. The van der Waals surface area contributed by atoms with Gasteiger partial charge in [-0.3, -0.25) is 5.84 Å². The van der Waals surface area contributed by atoms with E-state index in [4.69, 9.17) is 5.84 Å². The summed E-state index contributed by atoms with van der Waals surface area (Å²) in [5, 5.41) is 0. The summed E-state index contributed by atoms with van der Waals surface area (Å²) in [7, 11) is 0. The molecule has 1 rings (SSSR count). The summed E-state index contributed by atoms with van der Waals surface area (Å²) in [5.74, 6) is 4.71. The van der Waals surface area contributed by atoms with Crippen LogP contribution in [0.3, 0.4) is 0 Å². The summed E-state index contributed by atoms with van der Waals surface area (Å²) in [4.78, 5) is 0. The second-order valence-corrected chi connectivity index (χ2v) is 3.08. The third-order valence-electron chi connectivity index (χ3n) is 1.40. The van der Waals surface area contributed by atoms with E-state index in [2.05, 4.69) is 21.4 Å². The van der Waals surface area contributed by atoms with E-state index in [9.17, 15) is 4.39 Å². The SMILES string of the molecule is Cc1cc(NN)c(F)cc1Br.Cl. The lowest BCUT2D eigenvalue weighted by molar-refractivity contribution is 0.629. The highest BCUT2D eigenvalue weighted by atomic mass is 79.9. The summed E-state index contributed by atoms with van der Waals surface area (Å²) in [6.07, 6.45) is 0. The predicted molar refractivity (Wildman–Crippen MR) is 53.9 cm³/mol. The van der Waals surface area contributed by atoms with Gasteiger partial charge in [-0.05, 0) is 24.6 Å². The maximum atomic E-state index is 12.9. The zero-order chi connectivity index (χ0) is 8.43. The van der Waals surface area contributed by atoms with Crippen molar-refractivity contribution in [2.45, 2.75) is 6.92 Å². The molecule has 0 aromatic heterocycles. The van der Waals surface area contributed by atoms with E-state index in [-0.39, 0.29) is 18.2 Å². The van der Waals surface area contributed by atoms with Crippen LogP contribution in [0, 0.1) is 12.7 Å². The van der Waals surface area contributed by atoms with Crippen molar-refractivity contribution in [2.75, 3.05) is 5.43 Å². The van der Waals surface area contributed by atoms with E-state index < -0.39 is 0 Å². The van der Waals surface area contributed by atoms with Gasteiger partial charge in [0.1, 0.15) is 5.82 Å². The zero-order valence-corrected chi connectivity index (χ0v) is 8.80. The van der Waals surface area contributed by atoms with Crippen LogP contribution >= 0.6 is 28.3 Å². The molecule has 0 amide bonds. The van der Waals surface area contributed by atoms with Crippen LogP contribution in [0.1, 0.15) is 5.56 Å². The molecule has 0 aliphatic heterocycles. The second-order valence-electron chi connectivity index (χ2n) is 2.23. The van der Waals surface area contributed by atoms with Crippen molar-refractivity contribution < 1.29 is 4.39 Å². The Morgan fingerprint density at radius 3 is 2.58 bits per heavy atom. The molecular weight excluding hydrogens is 246 g/mol. The van der Waals surface area contributed by atoms with E-state index in [1.165, 1.54) is 6.07 Å². The topological polar surface area (TPSA) is 38.0 Å². The van der Waals surface area contributed by atoms with Crippen molar-refractivity contribution in [1.29, 1.82) is 0 Å². The van der Waals surface area contributed by atoms with Crippen molar-refractivity contribution >= 4 is 34.0 Å². The van der Waals surface area contributed by atoms with Gasteiger partial charge >= 0.3 is 0 Å². The fraction of sp³-hybridized carbons (Fsp3) is 0.143. The molecule has 0 radical (unpaired) electrons. The highest BCUT2D eigenvalue weighted by molar-refractivity contribution is 9.10. The first-order chi connectivity index (χ1) is 5.15. The first-order valence-electron chi connectivity index (χ1n) is 3.07. The Bertz CT molecular complexity index is 280. The Kier molecular flexibility index (Phi) is 4.52. The van der Waals surface area contributed by atoms with Crippen molar-refractivity contribution in [3.63, 3.8) is 0 Å². The Morgan fingerprint density at radius 2 is 2.08 bits per heavy atom. The van der Waals surface area contributed by atoms with Gasteiger partial charge in [0.2, 0.25) is 0 Å². The first-order valence-corrected chi connectivity index (χ1v) is 3.86. The monoisotopic (exact) mass is 254 g/mol. The molecule has 0 bridgehead atoms. The van der Waals surface area contributed by atoms with Gasteiger partial charge in [-0.1, -0.05) is 15.9 Å². The zero-order valence-electron chi connectivity index (χ0n) is 6.40. The largest absolute Gasteiger partial charge is 0.321 e. The molecule has 68 valence electrons. The molecule has 0 saturated heterocycles. The molecule has 0 aliphatic carbocycles. The highest BCUT2D eigenvalue weighted by Crippen LogP contribution is 2.22. The fourth-order valence-corrected chi connectivity index (χ4v) is 1.08. The van der Waals surface area contributed by atoms with Gasteiger partial charge in [0, 0.05) is 4.47 Å². The standard InChI is InChI=1S/C7H8BrFN2.ClH/c1-4-2-7(11-10)6(9)3-5(4)8;/h2-3,11H,10H2,1H3;1H. The minimum atomic E-state index is -0.357. The Balaban J connectivity index is 0.00000121. The van der Waals surface area contributed by atoms with Crippen molar-refractivity contribution in [3.05, 3.63) is 28.0 Å². The van der Waals surface area contributed by atoms with Gasteiger partial charge in [-0.2, -0.15) is 0 Å². The summed E-state index contributed by atoms with van der Waals surface area (Å²) in [5.41, 5.74) is 3.52. The lowest BCUT2D eigenvalue weighted by Gasteiger charge is -2.04. The lowest BCUT2D eigenvalue weighted by atomic mass is 10.2. The third-order valence-corrected chi connectivity index (χ3v) is 2.26. The summed E-state index contributed by atoms with van der Waals surface area (Å²) in [6, 6.07) is 3.02. The van der Waals surface area contributed by atoms with Crippen LogP contribution in [0.2, 0.25) is 0 Å². The quantitative estimate of drug-likeness (QED) is 0.598. The van der Waals surface area contributed by atoms with Crippen molar-refractivity contribution in [3.8, 4) is 0 Å². The molecule has 0 spiro atoms. The average molecular weight is 256 g/mol. The number of hydrogen-bond donors (Lipinski definition) is 2. The number of rotatable bonds is 1. The van der Waals surface area contributed by atoms with Gasteiger partial charge in [-0.25, -0.2) is 4.39 Å². The molecule has 1 aromatic carbocycles. The van der Waals surface area contributed by atoms with Crippen LogP contribution in [0.5, 0.6) is 0 Å². The van der Waals surface area contributed by atoms with Gasteiger partial charge in [0.15, 0.2) is 0 Å². The molecule has 0 aliphatic rings. The van der Waals surface area contributed by atoms with Gasteiger partial charge < -0.3 is 5.43 Å². The molecule has 0 fully saturated rings. The van der Waals surface area contributed by atoms with Crippen LogP contribution < -0.4 is 11.3 Å². The van der Waals surface area contributed by atoms with Crippen LogP contribution in [0.4, 0.5) is 10.1 Å². The molecule has 12 heavy (non-hydrogen) atoms.